The van der Waals surface area contributed by atoms with Crippen molar-refractivity contribution in [1.29, 1.82) is 0 Å². The van der Waals surface area contributed by atoms with E-state index in [1.54, 1.807) is 18.2 Å². The van der Waals surface area contributed by atoms with Gasteiger partial charge in [0.05, 0.1) is 5.69 Å². The molecule has 0 aliphatic carbocycles. The molecule has 0 saturated heterocycles. The number of hydrogen-bond donors (Lipinski definition) is 2. The molecule has 27 heavy (non-hydrogen) atoms. The summed E-state index contributed by atoms with van der Waals surface area (Å²) in [7, 11) is 0. The summed E-state index contributed by atoms with van der Waals surface area (Å²) < 4.78 is 5.10. The summed E-state index contributed by atoms with van der Waals surface area (Å²) in [6.45, 7) is -0.430. The zero-order valence-corrected chi connectivity index (χ0v) is 14.8. The number of ether oxygens (including phenoxy) is 1. The molecular weight excluding hydrogens is 366 g/mol. The highest BCUT2D eigenvalue weighted by molar-refractivity contribution is 6.32. The van der Waals surface area contributed by atoms with Crippen molar-refractivity contribution in [3.8, 4) is 0 Å². The fourth-order valence-corrected chi connectivity index (χ4v) is 3.04. The number of pyridine rings is 1. The van der Waals surface area contributed by atoms with Gasteiger partial charge in [0.2, 0.25) is 0 Å². The first kappa shape index (κ1) is 17.1. The van der Waals surface area contributed by atoms with E-state index in [1.165, 1.54) is 6.20 Å². The zero-order chi connectivity index (χ0) is 18.8. The van der Waals surface area contributed by atoms with E-state index in [-0.39, 0.29) is 10.8 Å². The van der Waals surface area contributed by atoms with Gasteiger partial charge in [-0.25, -0.2) is 9.78 Å². The molecule has 2 N–H and O–H groups in total. The molecule has 0 fully saturated rings. The number of rotatable bonds is 4. The Morgan fingerprint density at radius 2 is 1.93 bits per heavy atom. The summed E-state index contributed by atoms with van der Waals surface area (Å²) >= 11 is 5.88. The van der Waals surface area contributed by atoms with Gasteiger partial charge >= 0.3 is 5.97 Å². The van der Waals surface area contributed by atoms with E-state index < -0.39 is 18.5 Å². The smallest absolute Gasteiger partial charge is 0.355 e. The predicted octanol–water partition coefficient (Wildman–Crippen LogP) is 4.17. The Morgan fingerprint density at radius 1 is 1.07 bits per heavy atom. The number of amides is 1. The van der Waals surface area contributed by atoms with Gasteiger partial charge in [-0.3, -0.25) is 4.79 Å². The summed E-state index contributed by atoms with van der Waals surface area (Å²) in [6.07, 6.45) is 1.51. The van der Waals surface area contributed by atoms with Crippen molar-refractivity contribution < 1.29 is 14.3 Å². The Morgan fingerprint density at radius 3 is 2.78 bits per heavy atom. The van der Waals surface area contributed by atoms with Gasteiger partial charge in [-0.05, 0) is 35.0 Å². The van der Waals surface area contributed by atoms with Crippen LogP contribution in [0, 0.1) is 0 Å². The maximum absolute atomic E-state index is 12.3. The largest absolute Gasteiger partial charge is 0.451 e. The first-order valence-corrected chi connectivity index (χ1v) is 8.57. The van der Waals surface area contributed by atoms with Gasteiger partial charge in [0.25, 0.3) is 5.91 Å². The van der Waals surface area contributed by atoms with Gasteiger partial charge in [0.1, 0.15) is 5.69 Å². The molecule has 4 rings (SSSR count). The number of fused-ring (bicyclic) bond motifs is 3. The van der Waals surface area contributed by atoms with Crippen molar-refractivity contribution in [2.24, 2.45) is 0 Å². The van der Waals surface area contributed by atoms with E-state index in [0.717, 1.165) is 21.7 Å². The van der Waals surface area contributed by atoms with Gasteiger partial charge in [-0.15, -0.1) is 0 Å². The number of carbonyl (C=O) groups is 2. The molecule has 134 valence electrons. The van der Waals surface area contributed by atoms with E-state index in [2.05, 4.69) is 15.3 Å². The van der Waals surface area contributed by atoms with E-state index in [4.69, 9.17) is 16.3 Å². The van der Waals surface area contributed by atoms with Crippen LogP contribution >= 0.6 is 11.6 Å². The Kier molecular flexibility index (Phi) is 4.48. The zero-order valence-electron chi connectivity index (χ0n) is 14.0. The fraction of sp³-hybridized carbons (Fsp3) is 0.0500. The molecule has 0 aliphatic heterocycles. The molecule has 6 nitrogen and oxygen atoms in total. The van der Waals surface area contributed by atoms with Crippen LogP contribution < -0.4 is 5.32 Å². The summed E-state index contributed by atoms with van der Waals surface area (Å²) in [4.78, 5) is 31.2. The second kappa shape index (κ2) is 7.09. The van der Waals surface area contributed by atoms with Crippen LogP contribution in [0.1, 0.15) is 10.5 Å². The predicted molar refractivity (Wildman–Crippen MR) is 104 cm³/mol. The molecular formula is C20H14ClN3O3. The Bertz CT molecular complexity index is 1170. The van der Waals surface area contributed by atoms with E-state index in [1.807, 2.05) is 36.4 Å². The number of aromatic amines is 1. The van der Waals surface area contributed by atoms with Crippen LogP contribution in [-0.4, -0.2) is 28.5 Å². The Hall–Kier alpha value is -3.38. The standard InChI is InChI=1S/C20H14ClN3O3/c21-19-16(6-3-9-22-19)24-18(25)11-27-20(26)17-10-14-13-5-2-1-4-12(13)7-8-15(14)23-17/h1-10,23H,11H2,(H,24,25). The highest BCUT2D eigenvalue weighted by Crippen LogP contribution is 2.26. The summed E-state index contributed by atoms with van der Waals surface area (Å²) in [5.74, 6) is -1.11. The van der Waals surface area contributed by atoms with Crippen molar-refractivity contribution in [3.63, 3.8) is 0 Å². The third kappa shape index (κ3) is 3.47. The monoisotopic (exact) mass is 379 g/mol. The quantitative estimate of drug-likeness (QED) is 0.412. The minimum Gasteiger partial charge on any atom is -0.451 e. The normalized spacial score (nSPS) is 10.9. The average Bonchev–Trinajstić information content (AvgIpc) is 3.13. The Balaban J connectivity index is 1.47. The van der Waals surface area contributed by atoms with Gasteiger partial charge in [-0.1, -0.05) is 41.9 Å². The molecule has 0 unspecified atom stereocenters. The lowest BCUT2D eigenvalue weighted by Gasteiger charge is -2.06. The first-order chi connectivity index (χ1) is 13.1. The number of halogens is 1. The number of H-pyrrole nitrogens is 1. The van der Waals surface area contributed by atoms with Crippen LogP contribution in [-0.2, 0) is 9.53 Å². The number of nitrogens with one attached hydrogen (secondary N) is 2. The number of esters is 1. The summed E-state index contributed by atoms with van der Waals surface area (Å²) in [5, 5.41) is 5.75. The molecule has 2 aromatic heterocycles. The number of hydrogen-bond acceptors (Lipinski definition) is 4. The highest BCUT2D eigenvalue weighted by atomic mass is 35.5. The van der Waals surface area contributed by atoms with Gasteiger partial charge in [-0.2, -0.15) is 0 Å². The maximum atomic E-state index is 12.3. The van der Waals surface area contributed by atoms with Gasteiger partial charge < -0.3 is 15.0 Å². The van der Waals surface area contributed by atoms with Crippen molar-refractivity contribution >= 4 is 50.8 Å². The van der Waals surface area contributed by atoms with Crippen molar-refractivity contribution in [3.05, 3.63) is 71.6 Å². The molecule has 0 spiro atoms. The summed E-state index contributed by atoms with van der Waals surface area (Å²) in [6, 6.07) is 16.8. The lowest BCUT2D eigenvalue weighted by molar-refractivity contribution is -0.119. The Labute approximate surface area is 159 Å². The van der Waals surface area contributed by atoms with E-state index in [0.29, 0.717) is 5.69 Å². The molecule has 0 bridgehead atoms. The maximum Gasteiger partial charge on any atom is 0.355 e. The van der Waals surface area contributed by atoms with Crippen LogP contribution in [0.15, 0.2) is 60.8 Å². The average molecular weight is 380 g/mol. The lowest BCUT2D eigenvalue weighted by atomic mass is 10.1. The second-order valence-corrected chi connectivity index (χ2v) is 6.26. The molecule has 0 saturated carbocycles. The number of carbonyl (C=O) groups excluding carboxylic acids is 2. The van der Waals surface area contributed by atoms with Gasteiger partial charge in [0.15, 0.2) is 11.8 Å². The second-order valence-electron chi connectivity index (χ2n) is 5.90. The van der Waals surface area contributed by atoms with Crippen LogP contribution in [0.25, 0.3) is 21.7 Å². The van der Waals surface area contributed by atoms with Crippen LogP contribution in [0.2, 0.25) is 5.15 Å². The number of aromatic nitrogens is 2. The molecule has 2 heterocycles. The molecule has 2 aromatic carbocycles. The van der Waals surface area contributed by atoms with Crippen molar-refractivity contribution in [2.75, 3.05) is 11.9 Å². The topological polar surface area (TPSA) is 84.1 Å². The SMILES string of the molecule is O=C(COC(=O)c1cc2c(ccc3ccccc32)[nH]1)Nc1cccnc1Cl. The van der Waals surface area contributed by atoms with Crippen LogP contribution in [0.5, 0.6) is 0 Å². The number of anilines is 1. The first-order valence-electron chi connectivity index (χ1n) is 8.20. The number of benzene rings is 2. The number of nitrogens with zero attached hydrogens (tertiary/aromatic N) is 1. The van der Waals surface area contributed by atoms with Crippen LogP contribution in [0.3, 0.4) is 0 Å². The van der Waals surface area contributed by atoms with Crippen molar-refractivity contribution in [1.82, 2.24) is 9.97 Å². The third-order valence-corrected chi connectivity index (χ3v) is 4.42. The molecule has 0 atom stereocenters. The fourth-order valence-electron chi connectivity index (χ4n) is 2.87. The molecule has 0 radical (unpaired) electrons. The molecule has 1 amide bonds. The molecule has 0 aliphatic rings. The van der Waals surface area contributed by atoms with E-state index in [9.17, 15) is 9.59 Å². The minimum atomic E-state index is -0.609. The molecule has 7 heteroatoms. The van der Waals surface area contributed by atoms with Crippen molar-refractivity contribution in [2.45, 2.75) is 0 Å². The molecule has 4 aromatic rings. The van der Waals surface area contributed by atoms with E-state index >= 15 is 0 Å². The third-order valence-electron chi connectivity index (χ3n) is 4.12. The van der Waals surface area contributed by atoms with Crippen LogP contribution in [0.4, 0.5) is 5.69 Å². The van der Waals surface area contributed by atoms with Gasteiger partial charge in [0, 0.05) is 17.1 Å². The minimum absolute atomic E-state index is 0.166. The highest BCUT2D eigenvalue weighted by Gasteiger charge is 2.15. The lowest BCUT2D eigenvalue weighted by Crippen LogP contribution is -2.21. The summed E-state index contributed by atoms with van der Waals surface area (Å²) in [5.41, 5.74) is 1.47.